The van der Waals surface area contributed by atoms with Crippen LogP contribution in [-0.2, 0) is 0 Å². The van der Waals surface area contributed by atoms with E-state index in [2.05, 4.69) is 19.6 Å². The van der Waals surface area contributed by atoms with Crippen LogP contribution in [0.5, 0.6) is 0 Å². The molecule has 0 aromatic heterocycles. The molecule has 1 heteroatoms. The maximum absolute atomic E-state index is 8.63. The molecule has 0 aliphatic rings. The van der Waals surface area contributed by atoms with Crippen LogP contribution in [0, 0.1) is 5.92 Å². The van der Waals surface area contributed by atoms with E-state index < -0.39 is 0 Å². The van der Waals surface area contributed by atoms with E-state index in [0.29, 0.717) is 5.92 Å². The van der Waals surface area contributed by atoms with Crippen molar-refractivity contribution in [2.45, 2.75) is 20.3 Å². The third-order valence-corrected chi connectivity index (χ3v) is 1.36. The average Bonchev–Trinajstić information content (AvgIpc) is 1.88. The highest BCUT2D eigenvalue weighted by Gasteiger charge is 1.97. The van der Waals surface area contributed by atoms with Gasteiger partial charge in [-0.15, -0.1) is 0 Å². The summed E-state index contributed by atoms with van der Waals surface area (Å²) >= 11 is 0. The molecule has 0 aromatic carbocycles. The fraction of sp³-hybridized carbons (Fsp3) is 0.556. The van der Waals surface area contributed by atoms with Gasteiger partial charge in [-0.25, -0.2) is 0 Å². The second-order valence-electron chi connectivity index (χ2n) is 2.62. The summed E-state index contributed by atoms with van der Waals surface area (Å²) in [5, 5.41) is 8.63. The number of aliphatic hydroxyl groups is 1. The van der Waals surface area contributed by atoms with Gasteiger partial charge in [0.2, 0.25) is 0 Å². The molecule has 0 heterocycles. The van der Waals surface area contributed by atoms with Gasteiger partial charge < -0.3 is 5.11 Å². The molecule has 0 saturated carbocycles. The Labute approximate surface area is 63.1 Å². The van der Waals surface area contributed by atoms with Crippen molar-refractivity contribution in [2.75, 3.05) is 6.61 Å². The van der Waals surface area contributed by atoms with Crippen molar-refractivity contribution < 1.29 is 5.11 Å². The Balaban J connectivity index is 3.57. The Kier molecular flexibility index (Phi) is 4.95. The number of hydrogen-bond donors (Lipinski definition) is 1. The molecular weight excluding hydrogens is 124 g/mol. The molecule has 0 fully saturated rings. The Morgan fingerprint density at radius 2 is 2.30 bits per heavy atom. The first-order chi connectivity index (χ1) is 4.70. The van der Waals surface area contributed by atoms with Gasteiger partial charge in [-0.05, 0) is 19.3 Å². The predicted octanol–water partition coefficient (Wildman–Crippen LogP) is 2.14. The number of aliphatic hydroxyl groups excluding tert-OH is 1. The van der Waals surface area contributed by atoms with Gasteiger partial charge in [0.15, 0.2) is 0 Å². The zero-order valence-corrected chi connectivity index (χ0v) is 6.80. The lowest BCUT2D eigenvalue weighted by atomic mass is 10.0. The molecule has 0 saturated heterocycles. The van der Waals surface area contributed by atoms with Crippen LogP contribution in [0.3, 0.4) is 0 Å². The van der Waals surface area contributed by atoms with Crippen molar-refractivity contribution in [1.29, 1.82) is 0 Å². The Morgan fingerprint density at radius 1 is 1.70 bits per heavy atom. The number of allylic oxidation sites excluding steroid dienone is 2. The molecule has 1 nitrogen and oxygen atoms in total. The Hall–Kier alpha value is -0.560. The first kappa shape index (κ1) is 9.44. The van der Waals surface area contributed by atoms with Crippen molar-refractivity contribution in [3.8, 4) is 0 Å². The first-order valence-electron chi connectivity index (χ1n) is 3.61. The van der Waals surface area contributed by atoms with E-state index in [1.807, 2.05) is 13.0 Å². The fourth-order valence-corrected chi connectivity index (χ4v) is 0.916. The van der Waals surface area contributed by atoms with E-state index in [4.69, 9.17) is 5.11 Å². The van der Waals surface area contributed by atoms with Gasteiger partial charge in [0.1, 0.15) is 0 Å². The molecule has 0 aromatic rings. The highest BCUT2D eigenvalue weighted by atomic mass is 16.3. The molecule has 1 atom stereocenters. The van der Waals surface area contributed by atoms with E-state index in [9.17, 15) is 0 Å². The zero-order chi connectivity index (χ0) is 7.98. The minimum atomic E-state index is 0.113. The van der Waals surface area contributed by atoms with Gasteiger partial charge >= 0.3 is 0 Å². The summed E-state index contributed by atoms with van der Waals surface area (Å²) in [5.41, 5.74) is 0.908. The van der Waals surface area contributed by atoms with Crippen LogP contribution in [0.4, 0.5) is 0 Å². The highest BCUT2D eigenvalue weighted by Crippen LogP contribution is 2.09. The van der Waals surface area contributed by atoms with Gasteiger partial charge in [0.05, 0.1) is 6.61 Å². The summed E-state index contributed by atoms with van der Waals surface area (Å²) in [6.45, 7) is 7.93. The molecule has 0 bridgehead atoms. The monoisotopic (exact) mass is 140 g/mol. The number of rotatable bonds is 4. The summed E-state index contributed by atoms with van der Waals surface area (Å²) in [5.74, 6) is 0.504. The quantitative estimate of drug-likeness (QED) is 0.593. The number of hydrogen-bond acceptors (Lipinski definition) is 1. The molecule has 0 spiro atoms. The van der Waals surface area contributed by atoms with Crippen molar-refractivity contribution in [3.05, 3.63) is 24.3 Å². The lowest BCUT2D eigenvalue weighted by molar-refractivity contribution is 0.324. The van der Waals surface area contributed by atoms with Crippen LogP contribution in [0.15, 0.2) is 24.3 Å². The normalized spacial score (nSPS) is 13.9. The van der Waals surface area contributed by atoms with Crippen LogP contribution in [0.2, 0.25) is 0 Å². The summed E-state index contributed by atoms with van der Waals surface area (Å²) in [6, 6.07) is 0. The zero-order valence-electron chi connectivity index (χ0n) is 6.80. The molecule has 58 valence electrons. The molecule has 0 aliphatic carbocycles. The van der Waals surface area contributed by atoms with E-state index in [-0.39, 0.29) is 6.61 Å². The fourth-order valence-electron chi connectivity index (χ4n) is 0.916. The van der Waals surface area contributed by atoms with Crippen molar-refractivity contribution in [2.24, 2.45) is 5.92 Å². The maximum atomic E-state index is 8.63. The SMILES string of the molecule is C=C(CO)C[C@H](C)/C=C/C. The van der Waals surface area contributed by atoms with E-state index in [1.165, 1.54) is 0 Å². The minimum absolute atomic E-state index is 0.113. The Morgan fingerprint density at radius 3 is 2.70 bits per heavy atom. The van der Waals surface area contributed by atoms with Crippen LogP contribution in [-0.4, -0.2) is 11.7 Å². The second-order valence-corrected chi connectivity index (χ2v) is 2.62. The van der Waals surface area contributed by atoms with Crippen molar-refractivity contribution in [3.63, 3.8) is 0 Å². The van der Waals surface area contributed by atoms with Crippen LogP contribution in [0.1, 0.15) is 20.3 Å². The summed E-state index contributed by atoms with van der Waals surface area (Å²) < 4.78 is 0. The smallest absolute Gasteiger partial charge is 0.0639 e. The lowest BCUT2D eigenvalue weighted by Gasteiger charge is -2.05. The summed E-state index contributed by atoms with van der Waals surface area (Å²) in [7, 11) is 0. The topological polar surface area (TPSA) is 20.2 Å². The summed E-state index contributed by atoms with van der Waals surface area (Å²) in [4.78, 5) is 0. The average molecular weight is 140 g/mol. The Bertz CT molecular complexity index is 125. The predicted molar refractivity (Wildman–Crippen MR) is 44.8 cm³/mol. The third-order valence-electron chi connectivity index (χ3n) is 1.36. The third kappa shape index (κ3) is 4.33. The van der Waals surface area contributed by atoms with E-state index >= 15 is 0 Å². The molecule has 1 N–H and O–H groups in total. The molecule has 10 heavy (non-hydrogen) atoms. The standard InChI is InChI=1S/C9H16O/c1-4-5-8(2)6-9(3)7-10/h4-5,8,10H,3,6-7H2,1-2H3/b5-4+/t8-/m1/s1. The van der Waals surface area contributed by atoms with Crippen LogP contribution >= 0.6 is 0 Å². The van der Waals surface area contributed by atoms with Gasteiger partial charge in [-0.3, -0.25) is 0 Å². The van der Waals surface area contributed by atoms with E-state index in [1.54, 1.807) is 0 Å². The molecule has 0 radical (unpaired) electrons. The van der Waals surface area contributed by atoms with E-state index in [0.717, 1.165) is 12.0 Å². The largest absolute Gasteiger partial charge is 0.392 e. The second kappa shape index (κ2) is 5.24. The first-order valence-corrected chi connectivity index (χ1v) is 3.61. The van der Waals surface area contributed by atoms with Gasteiger partial charge in [0, 0.05) is 0 Å². The molecule has 0 amide bonds. The van der Waals surface area contributed by atoms with Crippen molar-refractivity contribution >= 4 is 0 Å². The maximum Gasteiger partial charge on any atom is 0.0639 e. The molecule has 0 aliphatic heterocycles. The lowest BCUT2D eigenvalue weighted by Crippen LogP contribution is -1.95. The van der Waals surface area contributed by atoms with Gasteiger partial charge in [-0.2, -0.15) is 0 Å². The van der Waals surface area contributed by atoms with Gasteiger partial charge in [0.25, 0.3) is 0 Å². The molecule has 0 rings (SSSR count). The molecular formula is C9H16O. The summed E-state index contributed by atoms with van der Waals surface area (Å²) in [6.07, 6.45) is 5.02. The highest BCUT2D eigenvalue weighted by molar-refractivity contribution is 4.99. The van der Waals surface area contributed by atoms with Crippen LogP contribution < -0.4 is 0 Å². The van der Waals surface area contributed by atoms with Crippen molar-refractivity contribution in [1.82, 2.24) is 0 Å². The van der Waals surface area contributed by atoms with Crippen LogP contribution in [0.25, 0.3) is 0 Å². The van der Waals surface area contributed by atoms with Gasteiger partial charge in [-0.1, -0.05) is 31.2 Å². The molecule has 0 unspecified atom stereocenters. The minimum Gasteiger partial charge on any atom is -0.392 e.